The largest absolute Gasteiger partial charge is 0.322 e. The number of nitrogens with one attached hydrogen (secondary N) is 1. The minimum atomic E-state index is 0.742. The Bertz CT molecular complexity index is 827. The average molecular weight is 234 g/mol. The lowest BCUT2D eigenvalue weighted by Gasteiger charge is -1.96. The van der Waals surface area contributed by atoms with Gasteiger partial charge in [-0.1, -0.05) is 30.3 Å². The quantitative estimate of drug-likeness (QED) is 0.550. The molecule has 0 aliphatic heterocycles. The number of imidazole rings is 1. The standard InChI is InChI=1S/C14H10N4/c1-2-5-11-10(4-1)6-7-12-13(11)17-14(16-12)18-9-3-8-15-18/h1-9H,(H,16,17). The van der Waals surface area contributed by atoms with Crippen LogP contribution in [0.3, 0.4) is 0 Å². The van der Waals surface area contributed by atoms with Crippen LogP contribution in [0.25, 0.3) is 27.8 Å². The van der Waals surface area contributed by atoms with Crippen LogP contribution in [-0.2, 0) is 0 Å². The molecule has 0 unspecified atom stereocenters. The van der Waals surface area contributed by atoms with Gasteiger partial charge in [-0.3, -0.25) is 0 Å². The third kappa shape index (κ3) is 1.26. The van der Waals surface area contributed by atoms with Gasteiger partial charge in [0.25, 0.3) is 0 Å². The van der Waals surface area contributed by atoms with Crippen molar-refractivity contribution in [3.05, 3.63) is 54.9 Å². The zero-order chi connectivity index (χ0) is 11.9. The van der Waals surface area contributed by atoms with Crippen LogP contribution >= 0.6 is 0 Å². The van der Waals surface area contributed by atoms with E-state index in [2.05, 4.69) is 39.3 Å². The number of nitrogens with zero attached hydrogens (tertiary/aromatic N) is 3. The summed E-state index contributed by atoms with van der Waals surface area (Å²) >= 11 is 0. The van der Waals surface area contributed by atoms with Crippen molar-refractivity contribution in [1.29, 1.82) is 0 Å². The van der Waals surface area contributed by atoms with Crippen molar-refractivity contribution in [2.75, 3.05) is 0 Å². The fourth-order valence-corrected chi connectivity index (χ4v) is 2.23. The van der Waals surface area contributed by atoms with Crippen molar-refractivity contribution >= 4 is 21.8 Å². The highest BCUT2D eigenvalue weighted by Gasteiger charge is 2.07. The van der Waals surface area contributed by atoms with Crippen LogP contribution in [0.1, 0.15) is 0 Å². The van der Waals surface area contributed by atoms with Gasteiger partial charge in [-0.05, 0) is 17.5 Å². The first-order valence-electron chi connectivity index (χ1n) is 5.79. The van der Waals surface area contributed by atoms with E-state index in [1.807, 2.05) is 24.4 Å². The number of H-pyrrole nitrogens is 1. The zero-order valence-electron chi connectivity index (χ0n) is 9.54. The maximum Gasteiger partial charge on any atom is 0.229 e. The monoisotopic (exact) mass is 234 g/mol. The van der Waals surface area contributed by atoms with Gasteiger partial charge in [0, 0.05) is 17.8 Å². The number of fused-ring (bicyclic) bond motifs is 3. The molecule has 0 aliphatic rings. The van der Waals surface area contributed by atoms with E-state index in [4.69, 9.17) is 0 Å². The van der Waals surface area contributed by atoms with Crippen molar-refractivity contribution in [2.24, 2.45) is 0 Å². The molecule has 0 bridgehead atoms. The molecular formula is C14H10N4. The summed E-state index contributed by atoms with van der Waals surface area (Å²) in [7, 11) is 0. The van der Waals surface area contributed by atoms with E-state index < -0.39 is 0 Å². The predicted molar refractivity (Wildman–Crippen MR) is 70.7 cm³/mol. The molecule has 4 nitrogen and oxygen atoms in total. The first-order chi connectivity index (χ1) is 8.92. The molecular weight excluding hydrogens is 224 g/mol. The molecule has 0 aliphatic carbocycles. The van der Waals surface area contributed by atoms with Crippen LogP contribution in [0.2, 0.25) is 0 Å². The Morgan fingerprint density at radius 3 is 2.83 bits per heavy atom. The van der Waals surface area contributed by atoms with Gasteiger partial charge in [0.05, 0.1) is 11.0 Å². The molecule has 0 saturated heterocycles. The average Bonchev–Trinajstić information content (AvgIpc) is 3.07. The summed E-state index contributed by atoms with van der Waals surface area (Å²) in [6, 6.07) is 14.3. The molecule has 0 atom stereocenters. The number of benzene rings is 2. The van der Waals surface area contributed by atoms with Gasteiger partial charge in [0.2, 0.25) is 5.95 Å². The summed E-state index contributed by atoms with van der Waals surface area (Å²) < 4.78 is 1.73. The fraction of sp³-hybridized carbons (Fsp3) is 0. The van der Waals surface area contributed by atoms with Gasteiger partial charge in [-0.2, -0.15) is 5.10 Å². The van der Waals surface area contributed by atoms with Crippen molar-refractivity contribution in [3.63, 3.8) is 0 Å². The van der Waals surface area contributed by atoms with E-state index in [1.54, 1.807) is 10.9 Å². The first kappa shape index (κ1) is 9.41. The van der Waals surface area contributed by atoms with Gasteiger partial charge >= 0.3 is 0 Å². The van der Waals surface area contributed by atoms with E-state index in [-0.39, 0.29) is 0 Å². The third-order valence-electron chi connectivity index (χ3n) is 3.09. The Morgan fingerprint density at radius 1 is 1.00 bits per heavy atom. The second kappa shape index (κ2) is 3.43. The second-order valence-electron chi connectivity index (χ2n) is 4.19. The molecule has 4 rings (SSSR count). The van der Waals surface area contributed by atoms with Gasteiger partial charge in [0.15, 0.2) is 0 Å². The summed E-state index contributed by atoms with van der Waals surface area (Å²) in [4.78, 5) is 7.91. The number of aromatic amines is 1. The molecule has 0 saturated carbocycles. The van der Waals surface area contributed by atoms with Crippen molar-refractivity contribution in [1.82, 2.24) is 19.7 Å². The van der Waals surface area contributed by atoms with Gasteiger partial charge in [0.1, 0.15) is 0 Å². The van der Waals surface area contributed by atoms with Gasteiger partial charge in [-0.25, -0.2) is 9.67 Å². The number of hydrogen-bond acceptors (Lipinski definition) is 2. The molecule has 2 aromatic carbocycles. The molecule has 4 heteroatoms. The molecule has 18 heavy (non-hydrogen) atoms. The predicted octanol–water partition coefficient (Wildman–Crippen LogP) is 2.90. The molecule has 2 aromatic heterocycles. The Balaban J connectivity index is 2.08. The van der Waals surface area contributed by atoms with Gasteiger partial charge in [-0.15, -0.1) is 0 Å². The molecule has 4 aromatic rings. The van der Waals surface area contributed by atoms with E-state index in [9.17, 15) is 0 Å². The summed E-state index contributed by atoms with van der Waals surface area (Å²) in [6.07, 6.45) is 3.62. The summed E-state index contributed by atoms with van der Waals surface area (Å²) in [5.74, 6) is 0.742. The maximum absolute atomic E-state index is 4.63. The smallest absolute Gasteiger partial charge is 0.229 e. The van der Waals surface area contributed by atoms with E-state index in [0.717, 1.165) is 22.4 Å². The number of rotatable bonds is 1. The summed E-state index contributed by atoms with van der Waals surface area (Å²) in [5.41, 5.74) is 2.01. The summed E-state index contributed by atoms with van der Waals surface area (Å²) in [5, 5.41) is 6.54. The highest BCUT2D eigenvalue weighted by molar-refractivity contribution is 6.04. The SMILES string of the molecule is c1ccc2c(c1)ccc1[nH]c(-n3cccn3)nc12. The summed E-state index contributed by atoms with van der Waals surface area (Å²) in [6.45, 7) is 0. The minimum absolute atomic E-state index is 0.742. The van der Waals surface area contributed by atoms with E-state index >= 15 is 0 Å². The van der Waals surface area contributed by atoms with E-state index in [0.29, 0.717) is 0 Å². The Morgan fingerprint density at radius 2 is 1.94 bits per heavy atom. The highest BCUT2D eigenvalue weighted by Crippen LogP contribution is 2.24. The minimum Gasteiger partial charge on any atom is -0.322 e. The Labute approximate surface area is 103 Å². The molecule has 0 radical (unpaired) electrons. The molecule has 0 spiro atoms. The van der Waals surface area contributed by atoms with Crippen molar-refractivity contribution in [3.8, 4) is 5.95 Å². The lowest BCUT2D eigenvalue weighted by molar-refractivity contribution is 0.829. The van der Waals surface area contributed by atoms with Crippen molar-refractivity contribution in [2.45, 2.75) is 0 Å². The molecule has 2 heterocycles. The first-order valence-corrected chi connectivity index (χ1v) is 5.79. The van der Waals surface area contributed by atoms with Crippen LogP contribution in [-0.4, -0.2) is 19.7 Å². The molecule has 0 amide bonds. The lowest BCUT2D eigenvalue weighted by Crippen LogP contribution is -1.95. The van der Waals surface area contributed by atoms with Crippen molar-refractivity contribution < 1.29 is 0 Å². The highest BCUT2D eigenvalue weighted by atomic mass is 15.3. The van der Waals surface area contributed by atoms with Crippen LogP contribution in [0.5, 0.6) is 0 Å². The lowest BCUT2D eigenvalue weighted by atomic mass is 10.1. The molecule has 1 N–H and O–H groups in total. The molecule has 86 valence electrons. The zero-order valence-corrected chi connectivity index (χ0v) is 9.54. The van der Waals surface area contributed by atoms with Crippen LogP contribution in [0.4, 0.5) is 0 Å². The van der Waals surface area contributed by atoms with Crippen LogP contribution in [0.15, 0.2) is 54.9 Å². The Kier molecular flexibility index (Phi) is 1.80. The van der Waals surface area contributed by atoms with Crippen LogP contribution < -0.4 is 0 Å². The maximum atomic E-state index is 4.63. The topological polar surface area (TPSA) is 46.5 Å². The Hall–Kier alpha value is -2.62. The normalized spacial score (nSPS) is 11.3. The molecule has 0 fully saturated rings. The fourth-order valence-electron chi connectivity index (χ4n) is 2.23. The number of aromatic nitrogens is 4. The third-order valence-corrected chi connectivity index (χ3v) is 3.09. The second-order valence-corrected chi connectivity index (χ2v) is 4.19. The van der Waals surface area contributed by atoms with E-state index in [1.165, 1.54) is 5.39 Å². The van der Waals surface area contributed by atoms with Crippen LogP contribution in [0, 0.1) is 0 Å². The number of hydrogen-bond donors (Lipinski definition) is 1. The van der Waals surface area contributed by atoms with Gasteiger partial charge < -0.3 is 4.98 Å².